The lowest BCUT2D eigenvalue weighted by atomic mass is 10.1. The molecular weight excluding hydrogens is 338 g/mol. The Bertz CT molecular complexity index is 909. The lowest BCUT2D eigenvalue weighted by Gasteiger charge is -2.11. The van der Waals surface area contributed by atoms with Crippen molar-refractivity contribution in [3.05, 3.63) is 60.6 Å². The first-order valence-electron chi connectivity index (χ1n) is 8.28. The molecule has 3 rings (SSSR count). The number of rotatable bonds is 6. The van der Waals surface area contributed by atoms with Gasteiger partial charge in [-0.05, 0) is 30.3 Å². The molecule has 0 bridgehead atoms. The Balaban J connectivity index is 1.99. The molecular formula is C19H18F2N4O. The first-order valence-corrected chi connectivity index (χ1v) is 8.28. The van der Waals surface area contributed by atoms with E-state index in [1.54, 1.807) is 25.5 Å². The number of nitrogens with one attached hydrogen (secondary N) is 1. The van der Waals surface area contributed by atoms with Gasteiger partial charge in [0, 0.05) is 31.3 Å². The Morgan fingerprint density at radius 3 is 2.69 bits per heavy atom. The second kappa shape index (κ2) is 7.86. The number of aromatic nitrogens is 3. The monoisotopic (exact) mass is 356 g/mol. The summed E-state index contributed by atoms with van der Waals surface area (Å²) in [6.07, 6.45) is 3.68. The zero-order valence-corrected chi connectivity index (χ0v) is 14.2. The van der Waals surface area contributed by atoms with Crippen LogP contribution >= 0.6 is 0 Å². The number of benzene rings is 1. The minimum Gasteiger partial charge on any atom is -0.354 e. The van der Waals surface area contributed by atoms with Crippen molar-refractivity contribution in [2.75, 3.05) is 6.54 Å². The fraction of sp³-hybridized carbons (Fsp3) is 0.211. The molecule has 1 N–H and O–H groups in total. The Kier molecular flexibility index (Phi) is 5.36. The molecule has 0 aliphatic heterocycles. The third kappa shape index (κ3) is 3.77. The van der Waals surface area contributed by atoms with Crippen LogP contribution in [-0.2, 0) is 11.3 Å². The maximum absolute atomic E-state index is 13.7. The number of hydrogen-bond acceptors (Lipinski definition) is 3. The van der Waals surface area contributed by atoms with Crippen molar-refractivity contribution >= 4 is 5.91 Å². The van der Waals surface area contributed by atoms with E-state index in [2.05, 4.69) is 15.3 Å². The molecule has 0 saturated heterocycles. The molecule has 0 aliphatic carbocycles. The van der Waals surface area contributed by atoms with E-state index in [1.165, 1.54) is 6.07 Å². The van der Waals surface area contributed by atoms with Crippen molar-refractivity contribution in [1.29, 1.82) is 0 Å². The minimum atomic E-state index is -0.931. The predicted molar refractivity (Wildman–Crippen MR) is 94.1 cm³/mol. The van der Waals surface area contributed by atoms with E-state index in [-0.39, 0.29) is 5.91 Å². The van der Waals surface area contributed by atoms with Gasteiger partial charge < -0.3 is 9.88 Å². The van der Waals surface area contributed by atoms with Gasteiger partial charge in [-0.2, -0.15) is 0 Å². The standard InChI is InChI=1S/C19H18F2N4O/c1-2-17(26)23-9-10-25-12-24-18(13-6-7-14(20)15(21)11-13)19(25)16-5-3-4-8-22-16/h3-8,11-12H,2,9-10H2,1H3,(H,23,26). The zero-order valence-electron chi connectivity index (χ0n) is 14.2. The van der Waals surface area contributed by atoms with Crippen molar-refractivity contribution in [1.82, 2.24) is 19.9 Å². The van der Waals surface area contributed by atoms with Crippen molar-refractivity contribution in [2.24, 2.45) is 0 Å². The van der Waals surface area contributed by atoms with E-state index in [0.29, 0.717) is 42.2 Å². The SMILES string of the molecule is CCC(=O)NCCn1cnc(-c2ccc(F)c(F)c2)c1-c1ccccn1. The first-order chi connectivity index (χ1) is 12.6. The van der Waals surface area contributed by atoms with E-state index in [0.717, 1.165) is 12.1 Å². The number of imidazole rings is 1. The summed E-state index contributed by atoms with van der Waals surface area (Å²) in [5, 5.41) is 2.81. The van der Waals surface area contributed by atoms with Gasteiger partial charge in [-0.3, -0.25) is 9.78 Å². The molecule has 26 heavy (non-hydrogen) atoms. The molecule has 0 unspecified atom stereocenters. The summed E-state index contributed by atoms with van der Waals surface area (Å²) >= 11 is 0. The third-order valence-electron chi connectivity index (χ3n) is 3.93. The van der Waals surface area contributed by atoms with Crippen LogP contribution in [0.4, 0.5) is 8.78 Å². The lowest BCUT2D eigenvalue weighted by Crippen LogP contribution is -2.26. The molecule has 0 saturated carbocycles. The Morgan fingerprint density at radius 1 is 1.15 bits per heavy atom. The smallest absolute Gasteiger partial charge is 0.219 e. The van der Waals surface area contributed by atoms with Crippen molar-refractivity contribution < 1.29 is 13.6 Å². The summed E-state index contributed by atoms with van der Waals surface area (Å²) in [7, 11) is 0. The summed E-state index contributed by atoms with van der Waals surface area (Å²) in [6, 6.07) is 9.13. The molecule has 0 fully saturated rings. The van der Waals surface area contributed by atoms with Crippen LogP contribution in [0.2, 0.25) is 0 Å². The molecule has 2 heterocycles. The van der Waals surface area contributed by atoms with Crippen LogP contribution < -0.4 is 5.32 Å². The second-order valence-corrected chi connectivity index (χ2v) is 5.68. The number of pyridine rings is 1. The van der Waals surface area contributed by atoms with Crippen molar-refractivity contribution in [2.45, 2.75) is 19.9 Å². The van der Waals surface area contributed by atoms with Gasteiger partial charge in [0.25, 0.3) is 0 Å². The molecule has 7 heteroatoms. The van der Waals surface area contributed by atoms with E-state index >= 15 is 0 Å². The van der Waals surface area contributed by atoms with Crippen LogP contribution in [0.5, 0.6) is 0 Å². The summed E-state index contributed by atoms with van der Waals surface area (Å²) in [5.74, 6) is -1.88. The van der Waals surface area contributed by atoms with Crippen LogP contribution in [0.25, 0.3) is 22.6 Å². The van der Waals surface area contributed by atoms with Crippen molar-refractivity contribution in [3.63, 3.8) is 0 Å². The average Bonchev–Trinajstić information content (AvgIpc) is 3.08. The maximum Gasteiger partial charge on any atom is 0.219 e. The van der Waals surface area contributed by atoms with Crippen molar-refractivity contribution in [3.8, 4) is 22.6 Å². The number of amides is 1. The molecule has 1 amide bonds. The fourth-order valence-electron chi connectivity index (χ4n) is 2.62. The molecule has 0 aliphatic rings. The molecule has 3 aromatic rings. The van der Waals surface area contributed by atoms with Gasteiger partial charge in [-0.1, -0.05) is 13.0 Å². The normalized spacial score (nSPS) is 10.7. The van der Waals surface area contributed by atoms with Gasteiger partial charge in [-0.15, -0.1) is 0 Å². The number of hydrogen-bond donors (Lipinski definition) is 1. The van der Waals surface area contributed by atoms with Gasteiger partial charge in [-0.25, -0.2) is 13.8 Å². The Labute approximate surface area is 149 Å². The highest BCUT2D eigenvalue weighted by atomic mass is 19.2. The third-order valence-corrected chi connectivity index (χ3v) is 3.93. The number of carbonyl (C=O) groups excluding carboxylic acids is 1. The summed E-state index contributed by atoms with van der Waals surface area (Å²) in [5.41, 5.74) is 2.30. The van der Waals surface area contributed by atoms with Crippen LogP contribution in [0, 0.1) is 11.6 Å². The highest BCUT2D eigenvalue weighted by Gasteiger charge is 2.17. The van der Waals surface area contributed by atoms with Gasteiger partial charge >= 0.3 is 0 Å². The number of nitrogens with zero attached hydrogens (tertiary/aromatic N) is 3. The van der Waals surface area contributed by atoms with E-state index in [4.69, 9.17) is 0 Å². The fourth-order valence-corrected chi connectivity index (χ4v) is 2.62. The summed E-state index contributed by atoms with van der Waals surface area (Å²) < 4.78 is 28.8. The highest BCUT2D eigenvalue weighted by Crippen LogP contribution is 2.30. The van der Waals surface area contributed by atoms with Crippen LogP contribution in [0.1, 0.15) is 13.3 Å². The highest BCUT2D eigenvalue weighted by molar-refractivity contribution is 5.77. The van der Waals surface area contributed by atoms with E-state index in [1.807, 2.05) is 16.7 Å². The summed E-state index contributed by atoms with van der Waals surface area (Å²) in [4.78, 5) is 20.2. The molecule has 0 spiro atoms. The molecule has 5 nitrogen and oxygen atoms in total. The molecule has 1 aromatic carbocycles. The average molecular weight is 356 g/mol. The largest absolute Gasteiger partial charge is 0.354 e. The van der Waals surface area contributed by atoms with Crippen LogP contribution in [-0.4, -0.2) is 27.0 Å². The van der Waals surface area contributed by atoms with Gasteiger partial charge in [0.2, 0.25) is 5.91 Å². The first kappa shape index (κ1) is 17.7. The summed E-state index contributed by atoms with van der Waals surface area (Å²) in [6.45, 7) is 2.70. The lowest BCUT2D eigenvalue weighted by molar-refractivity contribution is -0.120. The Morgan fingerprint density at radius 2 is 2.00 bits per heavy atom. The van der Waals surface area contributed by atoms with Gasteiger partial charge in [0.15, 0.2) is 11.6 Å². The predicted octanol–water partition coefficient (Wildman–Crippen LogP) is 3.42. The topological polar surface area (TPSA) is 59.8 Å². The van der Waals surface area contributed by atoms with Gasteiger partial charge in [0.1, 0.15) is 0 Å². The quantitative estimate of drug-likeness (QED) is 0.736. The zero-order chi connectivity index (χ0) is 18.5. The molecule has 0 radical (unpaired) electrons. The van der Waals surface area contributed by atoms with Crippen LogP contribution in [0.15, 0.2) is 48.9 Å². The number of carbonyl (C=O) groups is 1. The van der Waals surface area contributed by atoms with E-state index < -0.39 is 11.6 Å². The maximum atomic E-state index is 13.7. The Hall–Kier alpha value is -3.09. The van der Waals surface area contributed by atoms with Gasteiger partial charge in [0.05, 0.1) is 23.4 Å². The van der Waals surface area contributed by atoms with E-state index in [9.17, 15) is 13.6 Å². The molecule has 2 aromatic heterocycles. The molecule has 134 valence electrons. The second-order valence-electron chi connectivity index (χ2n) is 5.68. The minimum absolute atomic E-state index is 0.0367. The van der Waals surface area contributed by atoms with Crippen LogP contribution in [0.3, 0.4) is 0 Å². The number of halogens is 2. The molecule has 0 atom stereocenters.